The molecule has 4 bridgehead atoms. The van der Waals surface area contributed by atoms with Gasteiger partial charge in [-0.15, -0.1) is 11.3 Å². The maximum atomic E-state index is 2.50. The molecule has 9 aromatic carbocycles. The van der Waals surface area contributed by atoms with Crippen LogP contribution < -0.4 is 0 Å². The van der Waals surface area contributed by atoms with E-state index in [1.807, 2.05) is 11.3 Å². The summed E-state index contributed by atoms with van der Waals surface area (Å²) in [6.45, 7) is 0. The smallest absolute Gasteiger partial charge is 0.0361 e. The van der Waals surface area contributed by atoms with Crippen LogP contribution in [0.15, 0.2) is 164 Å². The van der Waals surface area contributed by atoms with Crippen molar-refractivity contribution in [2.75, 3.05) is 0 Å². The monoisotopic (exact) mass is 746 g/mol. The Labute approximate surface area is 337 Å². The highest BCUT2D eigenvalue weighted by molar-refractivity contribution is 7.25. The van der Waals surface area contributed by atoms with E-state index in [-0.39, 0.29) is 0 Å². The molecule has 1 aromatic heterocycles. The van der Waals surface area contributed by atoms with Crippen LogP contribution in [0.4, 0.5) is 0 Å². The standard InChI is InChI=1S/C56H42S/c1-2-12-35(13-3-1)53-41-14-4-6-16-43(41)55(44-17-7-5-15-42(44)53)37-22-24-40-49-31-36(23-25-50(49)57-51(40)32-37)54-45-18-8-10-20-47(45)56(48-21-11-9-19-46(48)54)52-38-27-33-26-34(29-38)30-39(52)28-33/h1-25,31-34,38-39,52H,26-30H2. The predicted octanol–water partition coefficient (Wildman–Crippen LogP) is 16.2. The zero-order valence-electron chi connectivity index (χ0n) is 31.9. The second-order valence-electron chi connectivity index (χ2n) is 17.6. The molecule has 272 valence electrons. The first-order valence-electron chi connectivity index (χ1n) is 21.1. The normalized spacial score (nSPS) is 21.5. The van der Waals surface area contributed by atoms with Crippen molar-refractivity contribution in [3.63, 3.8) is 0 Å². The molecule has 4 fully saturated rings. The molecule has 0 amide bonds. The van der Waals surface area contributed by atoms with Gasteiger partial charge in [0, 0.05) is 20.2 Å². The Morgan fingerprint density at radius 3 is 1.30 bits per heavy atom. The molecule has 14 rings (SSSR count). The summed E-state index contributed by atoms with van der Waals surface area (Å²) in [5.74, 6) is 4.32. The van der Waals surface area contributed by atoms with Gasteiger partial charge in [-0.05, 0) is 162 Å². The lowest BCUT2D eigenvalue weighted by molar-refractivity contribution is -0.00185. The van der Waals surface area contributed by atoms with Gasteiger partial charge in [0.15, 0.2) is 0 Å². The van der Waals surface area contributed by atoms with Crippen molar-refractivity contribution < 1.29 is 0 Å². The van der Waals surface area contributed by atoms with E-state index in [0.717, 1.165) is 23.7 Å². The molecule has 0 nitrogen and oxygen atoms in total. The van der Waals surface area contributed by atoms with Crippen molar-refractivity contribution in [1.82, 2.24) is 0 Å². The first-order chi connectivity index (χ1) is 28.2. The average molecular weight is 747 g/mol. The predicted molar refractivity (Wildman–Crippen MR) is 245 cm³/mol. The van der Waals surface area contributed by atoms with Gasteiger partial charge in [-0.1, -0.05) is 146 Å². The fourth-order valence-electron chi connectivity index (χ4n) is 12.7. The maximum absolute atomic E-state index is 2.50. The zero-order chi connectivity index (χ0) is 37.2. The van der Waals surface area contributed by atoms with Crippen LogP contribution in [0.1, 0.15) is 43.6 Å². The Morgan fingerprint density at radius 2 is 0.754 bits per heavy atom. The minimum atomic E-state index is 0.683. The molecule has 0 unspecified atom stereocenters. The molecule has 0 N–H and O–H groups in total. The Bertz CT molecular complexity index is 3110. The molecule has 1 heteroatoms. The molecule has 0 saturated heterocycles. The Kier molecular flexibility index (Phi) is 7.02. The van der Waals surface area contributed by atoms with Gasteiger partial charge >= 0.3 is 0 Å². The second kappa shape index (κ2) is 12.4. The van der Waals surface area contributed by atoms with Crippen LogP contribution in [0, 0.1) is 23.7 Å². The molecule has 57 heavy (non-hydrogen) atoms. The summed E-state index contributed by atoms with van der Waals surface area (Å²) >= 11 is 1.93. The first kappa shape index (κ1) is 32.3. The van der Waals surface area contributed by atoms with Gasteiger partial charge in [0.25, 0.3) is 0 Å². The first-order valence-corrected chi connectivity index (χ1v) is 22.0. The van der Waals surface area contributed by atoms with E-state index in [2.05, 4.69) is 164 Å². The summed E-state index contributed by atoms with van der Waals surface area (Å²) in [6, 6.07) is 62.2. The molecular formula is C56H42S. The lowest BCUT2D eigenvalue weighted by Crippen LogP contribution is -2.43. The number of thiophene rings is 1. The van der Waals surface area contributed by atoms with Crippen molar-refractivity contribution in [1.29, 1.82) is 0 Å². The van der Waals surface area contributed by atoms with Gasteiger partial charge in [0.1, 0.15) is 0 Å². The topological polar surface area (TPSA) is 0 Å². The van der Waals surface area contributed by atoms with E-state index in [4.69, 9.17) is 0 Å². The van der Waals surface area contributed by atoms with Gasteiger partial charge in [-0.25, -0.2) is 0 Å². The number of rotatable bonds is 4. The number of hydrogen-bond donors (Lipinski definition) is 0. The highest BCUT2D eigenvalue weighted by Gasteiger charge is 2.49. The summed E-state index contributed by atoms with van der Waals surface area (Å²) in [4.78, 5) is 0. The van der Waals surface area contributed by atoms with E-state index >= 15 is 0 Å². The Balaban J connectivity index is 0.991. The van der Waals surface area contributed by atoms with E-state index in [1.54, 1.807) is 5.56 Å². The quantitative estimate of drug-likeness (QED) is 0.157. The fraction of sp³-hybridized carbons (Fsp3) is 0.179. The lowest BCUT2D eigenvalue weighted by Gasteiger charge is -2.55. The van der Waals surface area contributed by atoms with E-state index in [0.29, 0.717) is 5.92 Å². The lowest BCUT2D eigenvalue weighted by atomic mass is 9.50. The zero-order valence-corrected chi connectivity index (χ0v) is 32.7. The fourth-order valence-corrected chi connectivity index (χ4v) is 13.8. The molecule has 4 saturated carbocycles. The molecule has 0 radical (unpaired) electrons. The van der Waals surface area contributed by atoms with Gasteiger partial charge in [-0.2, -0.15) is 0 Å². The largest absolute Gasteiger partial charge is 0.135 e. The van der Waals surface area contributed by atoms with Crippen LogP contribution in [-0.2, 0) is 0 Å². The maximum Gasteiger partial charge on any atom is 0.0361 e. The van der Waals surface area contributed by atoms with E-state index in [9.17, 15) is 0 Å². The summed E-state index contributed by atoms with van der Waals surface area (Å²) < 4.78 is 2.69. The highest BCUT2D eigenvalue weighted by Crippen LogP contribution is 2.62. The van der Waals surface area contributed by atoms with Crippen LogP contribution in [0.2, 0.25) is 0 Å². The summed E-state index contributed by atoms with van der Waals surface area (Å²) in [6.07, 6.45) is 7.26. The summed E-state index contributed by atoms with van der Waals surface area (Å²) in [5.41, 5.74) is 9.54. The van der Waals surface area contributed by atoms with Gasteiger partial charge < -0.3 is 0 Å². The van der Waals surface area contributed by atoms with Crippen LogP contribution in [0.3, 0.4) is 0 Å². The third-order valence-corrected chi connectivity index (χ3v) is 15.7. The highest BCUT2D eigenvalue weighted by atomic mass is 32.1. The third-order valence-electron chi connectivity index (χ3n) is 14.6. The number of benzene rings is 9. The minimum Gasteiger partial charge on any atom is -0.135 e. The summed E-state index contributed by atoms with van der Waals surface area (Å²) in [5, 5.41) is 13.7. The number of fused-ring (bicyclic) bond motifs is 7. The molecule has 0 aliphatic heterocycles. The number of hydrogen-bond acceptors (Lipinski definition) is 1. The van der Waals surface area contributed by atoms with Crippen LogP contribution in [0.25, 0.3) is 96.6 Å². The molecule has 1 heterocycles. The van der Waals surface area contributed by atoms with Gasteiger partial charge in [-0.3, -0.25) is 0 Å². The third kappa shape index (κ3) is 4.79. The van der Waals surface area contributed by atoms with Crippen molar-refractivity contribution >= 4 is 74.6 Å². The average Bonchev–Trinajstić information content (AvgIpc) is 3.62. The molecule has 10 aromatic rings. The van der Waals surface area contributed by atoms with Crippen LogP contribution in [-0.4, -0.2) is 0 Å². The van der Waals surface area contributed by atoms with Crippen molar-refractivity contribution in [3.8, 4) is 33.4 Å². The SMILES string of the molecule is c1ccc(-c2c3ccccc3c(-c3ccc4c(c3)sc3ccc(-c5c6ccccc6c(C6C7CC8CC(C7)CC6C8)c6ccccc56)cc34)c3ccccc23)cc1. The van der Waals surface area contributed by atoms with Crippen LogP contribution in [0.5, 0.6) is 0 Å². The molecule has 0 atom stereocenters. The van der Waals surface area contributed by atoms with Gasteiger partial charge in [0.2, 0.25) is 0 Å². The molecule has 4 aliphatic rings. The molecule has 0 spiro atoms. The minimum absolute atomic E-state index is 0.683. The molecule has 4 aliphatic carbocycles. The van der Waals surface area contributed by atoms with Crippen molar-refractivity contribution in [3.05, 3.63) is 169 Å². The van der Waals surface area contributed by atoms with Crippen molar-refractivity contribution in [2.24, 2.45) is 23.7 Å². The Hall–Kier alpha value is -5.76. The van der Waals surface area contributed by atoms with E-state index < -0.39 is 0 Å². The molecular weight excluding hydrogens is 705 g/mol. The van der Waals surface area contributed by atoms with Crippen LogP contribution >= 0.6 is 11.3 Å². The summed E-state index contributed by atoms with van der Waals surface area (Å²) in [7, 11) is 0. The van der Waals surface area contributed by atoms with Gasteiger partial charge in [0.05, 0.1) is 0 Å². The second-order valence-corrected chi connectivity index (χ2v) is 18.7. The Morgan fingerprint density at radius 1 is 0.316 bits per heavy atom. The van der Waals surface area contributed by atoms with Crippen molar-refractivity contribution in [2.45, 2.75) is 38.0 Å². The van der Waals surface area contributed by atoms with E-state index in [1.165, 1.54) is 129 Å².